The fourth-order valence-electron chi connectivity index (χ4n) is 2.81. The van der Waals surface area contributed by atoms with Crippen LogP contribution in [0.25, 0.3) is 0 Å². The average molecular weight is 371 g/mol. The Kier molecular flexibility index (Phi) is 4.12. The number of sulfone groups is 1. The fourth-order valence-corrected chi connectivity index (χ4v) is 3.44. The van der Waals surface area contributed by atoms with Crippen LogP contribution in [0.5, 0.6) is 11.5 Å². The molecule has 1 aliphatic rings. The van der Waals surface area contributed by atoms with Gasteiger partial charge in [0.1, 0.15) is 12.2 Å². The number of aromatic nitrogens is 3. The molecule has 0 saturated carbocycles. The molecule has 1 aliphatic heterocycles. The van der Waals surface area contributed by atoms with Crippen molar-refractivity contribution in [1.29, 1.82) is 0 Å². The molecule has 0 bridgehead atoms. The van der Waals surface area contributed by atoms with Crippen LogP contribution in [-0.2, 0) is 22.8 Å². The lowest BCUT2D eigenvalue weighted by Gasteiger charge is -2.08. The first-order valence-corrected chi connectivity index (χ1v) is 9.92. The molecule has 2 heterocycles. The van der Waals surface area contributed by atoms with Gasteiger partial charge in [-0.3, -0.25) is 0 Å². The molecule has 0 spiro atoms. The topological polar surface area (TPSA) is 83.3 Å². The molecule has 0 atom stereocenters. The molecule has 2 aromatic carbocycles. The maximum Gasteiger partial charge on any atom is 0.231 e. The van der Waals surface area contributed by atoms with E-state index in [2.05, 4.69) is 10.1 Å². The SMILES string of the molecule is CS(=O)(=O)c1ccc(Cc2ncnn2Cc2ccc3c(c2)OCO3)cc1. The van der Waals surface area contributed by atoms with Gasteiger partial charge in [-0.2, -0.15) is 5.10 Å². The summed E-state index contributed by atoms with van der Waals surface area (Å²) >= 11 is 0. The van der Waals surface area contributed by atoms with Gasteiger partial charge in [0.2, 0.25) is 6.79 Å². The number of nitrogens with zero attached hydrogens (tertiary/aromatic N) is 3. The Labute approximate surface area is 151 Å². The summed E-state index contributed by atoms with van der Waals surface area (Å²) in [6.07, 6.45) is 3.28. The van der Waals surface area contributed by atoms with Crippen LogP contribution in [-0.4, -0.2) is 36.2 Å². The van der Waals surface area contributed by atoms with Crippen LogP contribution in [0.4, 0.5) is 0 Å². The van der Waals surface area contributed by atoms with Gasteiger partial charge in [0, 0.05) is 12.7 Å². The number of fused-ring (bicyclic) bond motifs is 1. The normalized spacial score (nSPS) is 13.1. The second-order valence-corrected chi connectivity index (χ2v) is 8.13. The van der Waals surface area contributed by atoms with E-state index < -0.39 is 9.84 Å². The highest BCUT2D eigenvalue weighted by molar-refractivity contribution is 7.90. The Hall–Kier alpha value is -2.87. The summed E-state index contributed by atoms with van der Waals surface area (Å²) in [5.41, 5.74) is 2.01. The van der Waals surface area contributed by atoms with E-state index in [0.717, 1.165) is 28.5 Å². The molecular weight excluding hydrogens is 354 g/mol. The van der Waals surface area contributed by atoms with E-state index in [1.807, 2.05) is 22.9 Å². The van der Waals surface area contributed by atoms with Crippen molar-refractivity contribution in [2.45, 2.75) is 17.9 Å². The second kappa shape index (κ2) is 6.45. The predicted octanol–water partition coefficient (Wildman–Crippen LogP) is 2.05. The van der Waals surface area contributed by atoms with Crippen molar-refractivity contribution in [3.8, 4) is 11.5 Å². The first kappa shape index (κ1) is 16.6. The van der Waals surface area contributed by atoms with Crippen LogP contribution in [0.1, 0.15) is 17.0 Å². The summed E-state index contributed by atoms with van der Waals surface area (Å²) in [5.74, 6) is 2.29. The summed E-state index contributed by atoms with van der Waals surface area (Å²) in [6.45, 7) is 0.810. The smallest absolute Gasteiger partial charge is 0.231 e. The lowest BCUT2D eigenvalue weighted by molar-refractivity contribution is 0.174. The molecular formula is C18H17N3O4S. The van der Waals surface area contributed by atoms with Crippen LogP contribution in [0.3, 0.4) is 0 Å². The average Bonchev–Trinajstić information content (AvgIpc) is 3.24. The minimum Gasteiger partial charge on any atom is -0.454 e. The lowest BCUT2D eigenvalue weighted by Crippen LogP contribution is -2.08. The third-order valence-electron chi connectivity index (χ3n) is 4.18. The quantitative estimate of drug-likeness (QED) is 0.683. The molecule has 0 N–H and O–H groups in total. The Morgan fingerprint density at radius 1 is 1.04 bits per heavy atom. The molecule has 0 unspecified atom stereocenters. The predicted molar refractivity (Wildman–Crippen MR) is 94.0 cm³/mol. The fraction of sp³-hybridized carbons (Fsp3) is 0.222. The molecule has 0 aliphatic carbocycles. The zero-order valence-corrected chi connectivity index (χ0v) is 14.9. The van der Waals surface area contributed by atoms with E-state index in [1.165, 1.54) is 12.6 Å². The summed E-state index contributed by atoms with van der Waals surface area (Å²) in [4.78, 5) is 4.64. The van der Waals surface area contributed by atoms with E-state index >= 15 is 0 Å². The minimum absolute atomic E-state index is 0.247. The molecule has 8 heteroatoms. The third-order valence-corrected chi connectivity index (χ3v) is 5.31. The molecule has 134 valence electrons. The molecule has 0 radical (unpaired) electrons. The van der Waals surface area contributed by atoms with Gasteiger partial charge in [-0.1, -0.05) is 18.2 Å². The largest absolute Gasteiger partial charge is 0.454 e. The molecule has 26 heavy (non-hydrogen) atoms. The van der Waals surface area contributed by atoms with Gasteiger partial charge in [-0.15, -0.1) is 0 Å². The maximum atomic E-state index is 11.6. The van der Waals surface area contributed by atoms with Crippen LogP contribution in [0.2, 0.25) is 0 Å². The molecule has 0 fully saturated rings. The van der Waals surface area contributed by atoms with Crippen molar-refractivity contribution in [2.24, 2.45) is 0 Å². The number of hydrogen-bond acceptors (Lipinski definition) is 6. The summed E-state index contributed by atoms with van der Waals surface area (Å²) in [5, 5.41) is 4.30. The van der Waals surface area contributed by atoms with Crippen molar-refractivity contribution in [2.75, 3.05) is 13.0 Å². The monoisotopic (exact) mass is 371 g/mol. The molecule has 3 aromatic rings. The van der Waals surface area contributed by atoms with Crippen LogP contribution in [0.15, 0.2) is 53.7 Å². The highest BCUT2D eigenvalue weighted by Crippen LogP contribution is 2.32. The van der Waals surface area contributed by atoms with Gasteiger partial charge in [0.25, 0.3) is 0 Å². The Morgan fingerprint density at radius 2 is 1.77 bits per heavy atom. The zero-order valence-electron chi connectivity index (χ0n) is 14.1. The Balaban J connectivity index is 1.52. The van der Waals surface area contributed by atoms with Crippen LogP contribution >= 0.6 is 0 Å². The van der Waals surface area contributed by atoms with E-state index in [4.69, 9.17) is 9.47 Å². The van der Waals surface area contributed by atoms with Gasteiger partial charge in [-0.25, -0.2) is 18.1 Å². The van der Waals surface area contributed by atoms with Crippen molar-refractivity contribution < 1.29 is 17.9 Å². The summed E-state index contributed by atoms with van der Waals surface area (Å²) < 4.78 is 35.7. The van der Waals surface area contributed by atoms with Gasteiger partial charge in [0.15, 0.2) is 21.3 Å². The number of ether oxygens (including phenoxy) is 2. The van der Waals surface area contributed by atoms with E-state index in [0.29, 0.717) is 17.9 Å². The maximum absolute atomic E-state index is 11.6. The van der Waals surface area contributed by atoms with Gasteiger partial charge in [0.05, 0.1) is 11.4 Å². The number of hydrogen-bond donors (Lipinski definition) is 0. The van der Waals surface area contributed by atoms with E-state index in [1.54, 1.807) is 24.3 Å². The molecule has 0 saturated heterocycles. The third kappa shape index (κ3) is 3.41. The molecule has 4 rings (SSSR count). The Bertz CT molecular complexity index is 1040. The Morgan fingerprint density at radius 3 is 2.54 bits per heavy atom. The minimum atomic E-state index is -3.19. The van der Waals surface area contributed by atoms with Crippen molar-refractivity contribution in [1.82, 2.24) is 14.8 Å². The summed E-state index contributed by atoms with van der Waals surface area (Å²) in [6, 6.07) is 12.6. The molecule has 0 amide bonds. The van der Waals surface area contributed by atoms with E-state index in [-0.39, 0.29) is 6.79 Å². The molecule has 1 aromatic heterocycles. The number of rotatable bonds is 5. The standard InChI is InChI=1S/C18H17N3O4S/c1-26(22,23)15-5-2-13(3-6-15)9-18-19-11-20-21(18)10-14-4-7-16-17(8-14)25-12-24-16/h2-8,11H,9-10,12H2,1H3. The highest BCUT2D eigenvalue weighted by atomic mass is 32.2. The van der Waals surface area contributed by atoms with Crippen LogP contribution in [0, 0.1) is 0 Å². The van der Waals surface area contributed by atoms with Gasteiger partial charge in [-0.05, 0) is 35.4 Å². The van der Waals surface area contributed by atoms with E-state index in [9.17, 15) is 8.42 Å². The first-order valence-electron chi connectivity index (χ1n) is 8.03. The second-order valence-electron chi connectivity index (χ2n) is 6.11. The highest BCUT2D eigenvalue weighted by Gasteiger charge is 2.14. The van der Waals surface area contributed by atoms with Crippen molar-refractivity contribution >= 4 is 9.84 Å². The first-order chi connectivity index (χ1) is 12.5. The van der Waals surface area contributed by atoms with Gasteiger partial charge < -0.3 is 9.47 Å². The summed E-state index contributed by atoms with van der Waals surface area (Å²) in [7, 11) is -3.19. The van der Waals surface area contributed by atoms with Gasteiger partial charge >= 0.3 is 0 Å². The van der Waals surface area contributed by atoms with Crippen molar-refractivity contribution in [3.05, 3.63) is 65.7 Å². The number of benzene rings is 2. The van der Waals surface area contributed by atoms with Crippen LogP contribution < -0.4 is 9.47 Å². The molecule has 7 nitrogen and oxygen atoms in total. The lowest BCUT2D eigenvalue weighted by atomic mass is 10.1. The zero-order chi connectivity index (χ0) is 18.1. The van der Waals surface area contributed by atoms with Crippen molar-refractivity contribution in [3.63, 3.8) is 0 Å².